The smallest absolute Gasteiger partial charge is 0.0540 e. The van der Waals surface area contributed by atoms with Crippen molar-refractivity contribution in [2.24, 2.45) is 0 Å². The van der Waals surface area contributed by atoms with Crippen molar-refractivity contribution in [2.75, 3.05) is 4.90 Å². The van der Waals surface area contributed by atoms with E-state index >= 15 is 0 Å². The van der Waals surface area contributed by atoms with Crippen LogP contribution >= 0.6 is 11.3 Å². The molecule has 2 heteroatoms. The summed E-state index contributed by atoms with van der Waals surface area (Å²) in [6.07, 6.45) is 0. The number of hydrogen-bond acceptors (Lipinski definition) is 2. The van der Waals surface area contributed by atoms with Gasteiger partial charge in [0.15, 0.2) is 0 Å². The molecule has 12 rings (SSSR count). The highest BCUT2D eigenvalue weighted by Gasteiger charge is 2.42. The van der Waals surface area contributed by atoms with Gasteiger partial charge >= 0.3 is 0 Å². The average Bonchev–Trinajstić information content (AvgIpc) is 3.91. The quantitative estimate of drug-likeness (QED) is 0.162. The summed E-state index contributed by atoms with van der Waals surface area (Å²) in [4.78, 5) is 2.51. The lowest BCUT2D eigenvalue weighted by molar-refractivity contribution is 0.714. The number of rotatable bonds is 6. The molecule has 0 aliphatic heterocycles. The Morgan fingerprint density at radius 2 is 0.833 bits per heavy atom. The van der Waals surface area contributed by atoms with Gasteiger partial charge in [0.05, 0.1) is 5.69 Å². The Morgan fingerprint density at radius 3 is 1.52 bits per heavy atom. The van der Waals surface area contributed by atoms with E-state index in [2.05, 4.69) is 231 Å². The van der Waals surface area contributed by atoms with Gasteiger partial charge in [-0.1, -0.05) is 164 Å². The van der Waals surface area contributed by atoms with E-state index in [-0.39, 0.29) is 10.8 Å². The molecule has 0 radical (unpaired) electrons. The molecule has 0 bridgehead atoms. The third-order valence-corrected chi connectivity index (χ3v) is 14.8. The monoisotopic (exact) mass is 783 g/mol. The minimum absolute atomic E-state index is 0.292. The van der Waals surface area contributed by atoms with Crippen LogP contribution in [0.4, 0.5) is 17.1 Å². The highest BCUT2D eigenvalue weighted by atomic mass is 32.1. The van der Waals surface area contributed by atoms with Crippen molar-refractivity contribution in [3.8, 4) is 33.4 Å². The molecule has 60 heavy (non-hydrogen) atoms. The maximum absolute atomic E-state index is 2.51. The van der Waals surface area contributed by atoms with Crippen LogP contribution in [0, 0.1) is 0 Å². The van der Waals surface area contributed by atoms with Crippen LogP contribution in [-0.4, -0.2) is 0 Å². The number of nitrogens with zero attached hydrogens (tertiary/aromatic N) is 1. The normalized spacial score (nSPS) is 17.3. The van der Waals surface area contributed by atoms with Crippen molar-refractivity contribution < 1.29 is 0 Å². The second kappa shape index (κ2) is 13.3. The second-order valence-corrected chi connectivity index (χ2v) is 17.8. The van der Waals surface area contributed by atoms with Crippen molar-refractivity contribution in [1.29, 1.82) is 0 Å². The van der Waals surface area contributed by atoms with Crippen molar-refractivity contribution in [3.05, 3.63) is 246 Å². The van der Waals surface area contributed by atoms with Crippen molar-refractivity contribution in [1.82, 2.24) is 0 Å². The fraction of sp³-hybridized carbons (Fsp3) is 0.0690. The molecule has 9 aromatic carbocycles. The van der Waals surface area contributed by atoms with Crippen molar-refractivity contribution in [3.63, 3.8) is 0 Å². The lowest BCUT2D eigenvalue weighted by Crippen LogP contribution is -2.23. The molecular weight excluding hydrogens is 743 g/mol. The number of para-hydroxylation sites is 1. The van der Waals surface area contributed by atoms with Crippen LogP contribution in [0.1, 0.15) is 47.2 Å². The zero-order chi connectivity index (χ0) is 40.0. The molecule has 0 fully saturated rings. The Balaban J connectivity index is 1.09. The maximum Gasteiger partial charge on any atom is 0.0540 e. The van der Waals surface area contributed by atoms with Gasteiger partial charge in [0.25, 0.3) is 0 Å². The molecule has 2 aliphatic rings. The van der Waals surface area contributed by atoms with Crippen molar-refractivity contribution >= 4 is 48.6 Å². The molecule has 10 aromatic rings. The molecular formula is C58H41NS. The minimum atomic E-state index is -0.321. The summed E-state index contributed by atoms with van der Waals surface area (Å²) in [5.41, 5.74) is 18.4. The number of benzene rings is 9. The number of fused-ring (bicyclic) bond motifs is 9. The van der Waals surface area contributed by atoms with Crippen LogP contribution in [0.15, 0.2) is 212 Å². The molecule has 1 nitrogen and oxygen atoms in total. The topological polar surface area (TPSA) is 3.24 Å². The van der Waals surface area contributed by atoms with Gasteiger partial charge in [0.2, 0.25) is 0 Å². The predicted molar refractivity (Wildman–Crippen MR) is 254 cm³/mol. The van der Waals surface area contributed by atoms with Crippen LogP contribution in [0.5, 0.6) is 0 Å². The first-order valence-electron chi connectivity index (χ1n) is 20.9. The molecule has 2 unspecified atom stereocenters. The first-order valence-corrected chi connectivity index (χ1v) is 21.7. The van der Waals surface area contributed by atoms with Crippen LogP contribution in [0.3, 0.4) is 0 Å². The first kappa shape index (κ1) is 35.0. The third kappa shape index (κ3) is 4.98. The van der Waals surface area contributed by atoms with E-state index in [1.807, 2.05) is 11.3 Å². The summed E-state index contributed by atoms with van der Waals surface area (Å²) in [6, 6.07) is 79.2. The van der Waals surface area contributed by atoms with Gasteiger partial charge in [-0.15, -0.1) is 11.3 Å². The molecule has 0 amide bonds. The SMILES string of the molecule is CC1(c2ccccc2)c2ccccc2-c2ccc(-c3ccccc3N(c3ccc4c(c3)C(C)(c3ccccc3)c3ccccc3-4)c3ccc4sc5ccccc5c4c3)cc21. The van der Waals surface area contributed by atoms with Gasteiger partial charge in [0.1, 0.15) is 0 Å². The van der Waals surface area contributed by atoms with E-state index in [0.717, 1.165) is 17.1 Å². The number of anilines is 3. The average molecular weight is 784 g/mol. The number of hydrogen-bond donors (Lipinski definition) is 0. The maximum atomic E-state index is 2.51. The number of thiophene rings is 1. The zero-order valence-corrected chi connectivity index (χ0v) is 34.4. The van der Waals surface area contributed by atoms with Gasteiger partial charge in [0, 0.05) is 47.9 Å². The van der Waals surface area contributed by atoms with Gasteiger partial charge in [-0.25, -0.2) is 0 Å². The van der Waals surface area contributed by atoms with Crippen LogP contribution in [0.25, 0.3) is 53.6 Å². The summed E-state index contributed by atoms with van der Waals surface area (Å²) in [5.74, 6) is 0. The summed E-state index contributed by atoms with van der Waals surface area (Å²) in [6.45, 7) is 4.81. The Morgan fingerprint density at radius 1 is 0.350 bits per heavy atom. The molecule has 2 atom stereocenters. The van der Waals surface area contributed by atoms with E-state index in [1.54, 1.807) is 0 Å². The first-order chi connectivity index (χ1) is 29.5. The largest absolute Gasteiger partial charge is 0.310 e. The molecule has 0 saturated heterocycles. The molecule has 0 saturated carbocycles. The molecule has 284 valence electrons. The predicted octanol–water partition coefficient (Wildman–Crippen LogP) is 15.9. The lowest BCUT2D eigenvalue weighted by atomic mass is 9.74. The Hall–Kier alpha value is -7.00. The van der Waals surface area contributed by atoms with E-state index in [0.29, 0.717) is 0 Å². The molecule has 1 heterocycles. The Kier molecular flexibility index (Phi) is 7.73. The van der Waals surface area contributed by atoms with Crippen LogP contribution in [-0.2, 0) is 10.8 Å². The van der Waals surface area contributed by atoms with E-state index in [1.165, 1.54) is 86.9 Å². The van der Waals surface area contributed by atoms with Gasteiger partial charge < -0.3 is 4.90 Å². The van der Waals surface area contributed by atoms with Crippen LogP contribution < -0.4 is 4.90 Å². The minimum Gasteiger partial charge on any atom is -0.310 e. The lowest BCUT2D eigenvalue weighted by Gasteiger charge is -2.32. The van der Waals surface area contributed by atoms with Gasteiger partial charge in [-0.3, -0.25) is 0 Å². The van der Waals surface area contributed by atoms with Crippen LogP contribution in [0.2, 0.25) is 0 Å². The molecule has 1 aromatic heterocycles. The standard InChI is InChI=1S/C58H41NS/c1-57(39-17-5-3-6-18-39)50-25-13-9-22-44(50)46-32-29-38(35-52(46)57)43-21-11-15-27-54(43)59(41-31-34-56-49(36-41)48-24-12-16-28-55(48)60-56)42-30-33-47-45-23-10-14-26-51(45)58(2,53(47)37-42)40-19-7-4-8-20-40/h3-37H,1-2H3. The molecule has 0 N–H and O–H groups in total. The van der Waals surface area contributed by atoms with E-state index in [9.17, 15) is 0 Å². The second-order valence-electron chi connectivity index (χ2n) is 16.7. The van der Waals surface area contributed by atoms with Gasteiger partial charge in [-0.05, 0) is 124 Å². The molecule has 2 aliphatic carbocycles. The summed E-state index contributed by atoms with van der Waals surface area (Å²) >= 11 is 1.87. The summed E-state index contributed by atoms with van der Waals surface area (Å²) in [5, 5.41) is 2.58. The van der Waals surface area contributed by atoms with E-state index < -0.39 is 0 Å². The highest BCUT2D eigenvalue weighted by molar-refractivity contribution is 7.25. The third-order valence-electron chi connectivity index (χ3n) is 13.6. The van der Waals surface area contributed by atoms with E-state index in [4.69, 9.17) is 0 Å². The zero-order valence-electron chi connectivity index (χ0n) is 33.6. The summed E-state index contributed by atoms with van der Waals surface area (Å²) < 4.78 is 2.61. The Labute approximate surface area is 355 Å². The van der Waals surface area contributed by atoms with Gasteiger partial charge in [-0.2, -0.15) is 0 Å². The molecule has 0 spiro atoms. The fourth-order valence-corrected chi connectivity index (χ4v) is 11.7. The highest BCUT2D eigenvalue weighted by Crippen LogP contribution is 2.56. The Bertz CT molecular complexity index is 3310. The fourth-order valence-electron chi connectivity index (χ4n) is 10.6. The summed E-state index contributed by atoms with van der Waals surface area (Å²) in [7, 11) is 0. The van der Waals surface area contributed by atoms with Crippen molar-refractivity contribution in [2.45, 2.75) is 24.7 Å².